The van der Waals surface area contributed by atoms with Gasteiger partial charge in [-0.3, -0.25) is 4.79 Å². The molecule has 0 heterocycles. The minimum absolute atomic E-state index is 0.0101. The Hall–Kier alpha value is -0.480. The summed E-state index contributed by atoms with van der Waals surface area (Å²) in [4.78, 5) is 12.2. The van der Waals surface area contributed by atoms with Crippen LogP contribution in [0.1, 0.15) is 42.6 Å². The van der Waals surface area contributed by atoms with E-state index in [0.717, 1.165) is 35.0 Å². The van der Waals surface area contributed by atoms with E-state index >= 15 is 0 Å². The molecule has 0 aliphatic carbocycles. The molecule has 19 heavy (non-hydrogen) atoms. The molecule has 106 valence electrons. The fraction of sp³-hybridized carbons (Fsp3) is 0.533. The van der Waals surface area contributed by atoms with Gasteiger partial charge in [-0.05, 0) is 49.8 Å². The van der Waals surface area contributed by atoms with Crippen LogP contribution in [0.3, 0.4) is 0 Å². The molecule has 0 unspecified atom stereocenters. The van der Waals surface area contributed by atoms with Gasteiger partial charge in [-0.1, -0.05) is 29.8 Å². The van der Waals surface area contributed by atoms with Crippen molar-refractivity contribution in [1.29, 1.82) is 0 Å². The Labute approximate surface area is 128 Å². The monoisotopic (exact) mass is 343 g/mol. The lowest BCUT2D eigenvalue weighted by Gasteiger charge is -2.29. The fourth-order valence-electron chi connectivity index (χ4n) is 1.99. The van der Waals surface area contributed by atoms with Crippen molar-refractivity contribution < 1.29 is 4.79 Å². The first kappa shape index (κ1) is 16.6. The number of carbonyl (C=O) groups is 1. The molecule has 2 nitrogen and oxygen atoms in total. The van der Waals surface area contributed by atoms with Gasteiger partial charge in [0.15, 0.2) is 0 Å². The summed E-state index contributed by atoms with van der Waals surface area (Å²) in [5, 5.41) is 3.06. The quantitative estimate of drug-likeness (QED) is 0.828. The van der Waals surface area contributed by atoms with Crippen LogP contribution in [0.15, 0.2) is 22.7 Å². The molecule has 1 amide bonds. The number of hydrogen-bond acceptors (Lipinski definition) is 2. The third kappa shape index (κ3) is 4.25. The molecule has 0 fully saturated rings. The number of nitrogens with one attached hydrogen (secondary N) is 1. The van der Waals surface area contributed by atoms with Crippen LogP contribution in [0.5, 0.6) is 0 Å². The van der Waals surface area contributed by atoms with Gasteiger partial charge in [-0.15, -0.1) is 0 Å². The molecule has 0 aromatic heterocycles. The maximum absolute atomic E-state index is 12.2. The summed E-state index contributed by atoms with van der Waals surface area (Å²) >= 11 is 5.29. The van der Waals surface area contributed by atoms with E-state index in [1.807, 2.05) is 36.9 Å². The summed E-state index contributed by atoms with van der Waals surface area (Å²) in [6.45, 7) is 7.06. The van der Waals surface area contributed by atoms with Gasteiger partial charge in [0.2, 0.25) is 0 Å². The van der Waals surface area contributed by atoms with Crippen molar-refractivity contribution in [2.75, 3.05) is 12.8 Å². The van der Waals surface area contributed by atoms with Crippen molar-refractivity contribution >= 4 is 33.6 Å². The van der Waals surface area contributed by atoms with Crippen LogP contribution in [-0.4, -0.2) is 23.5 Å². The van der Waals surface area contributed by atoms with Crippen LogP contribution in [-0.2, 0) is 0 Å². The van der Waals surface area contributed by atoms with E-state index in [9.17, 15) is 4.79 Å². The lowest BCUT2D eigenvalue weighted by molar-refractivity contribution is 0.0949. The van der Waals surface area contributed by atoms with Crippen LogP contribution >= 0.6 is 27.7 Å². The Morgan fingerprint density at radius 3 is 2.47 bits per heavy atom. The molecule has 0 bridgehead atoms. The largest absolute Gasteiger partial charge is 0.351 e. The predicted octanol–water partition coefficient (Wildman–Crippen LogP) is 4.41. The van der Waals surface area contributed by atoms with E-state index in [1.54, 1.807) is 0 Å². The summed E-state index contributed by atoms with van der Waals surface area (Å²) in [5.41, 5.74) is 1.80. The highest BCUT2D eigenvalue weighted by Crippen LogP contribution is 2.29. The van der Waals surface area contributed by atoms with Crippen molar-refractivity contribution in [1.82, 2.24) is 5.32 Å². The van der Waals surface area contributed by atoms with Crippen LogP contribution in [0.25, 0.3) is 0 Å². The van der Waals surface area contributed by atoms with E-state index in [1.165, 1.54) is 0 Å². The zero-order valence-electron chi connectivity index (χ0n) is 12.0. The first-order valence-electron chi connectivity index (χ1n) is 6.57. The Bertz CT molecular complexity index is 436. The number of aryl methyl sites for hydroxylation is 1. The highest BCUT2D eigenvalue weighted by Gasteiger charge is 2.25. The van der Waals surface area contributed by atoms with Crippen molar-refractivity contribution in [3.63, 3.8) is 0 Å². The van der Waals surface area contributed by atoms with E-state index < -0.39 is 0 Å². The van der Waals surface area contributed by atoms with Crippen molar-refractivity contribution in [3.8, 4) is 0 Å². The van der Waals surface area contributed by atoms with Gasteiger partial charge in [0.25, 0.3) is 5.91 Å². The molecular weight excluding hydrogens is 322 g/mol. The highest BCUT2D eigenvalue weighted by molar-refractivity contribution is 9.10. The Balaban J connectivity index is 2.72. The molecule has 1 rings (SSSR count). The summed E-state index contributed by atoms with van der Waals surface area (Å²) < 4.78 is 1.18. The number of amides is 1. The number of benzene rings is 1. The Kier molecular flexibility index (Phi) is 6.40. The second kappa shape index (κ2) is 7.34. The summed E-state index contributed by atoms with van der Waals surface area (Å²) in [7, 11) is 0. The molecule has 0 radical (unpaired) electrons. The van der Waals surface area contributed by atoms with Gasteiger partial charge < -0.3 is 5.32 Å². The predicted molar refractivity (Wildman–Crippen MR) is 88.0 cm³/mol. The number of carbonyl (C=O) groups excluding carboxylic acids is 1. The number of thioether (sulfide) groups is 1. The van der Waals surface area contributed by atoms with Crippen LogP contribution in [0, 0.1) is 6.92 Å². The van der Waals surface area contributed by atoms with Crippen molar-refractivity contribution in [3.05, 3.63) is 33.8 Å². The van der Waals surface area contributed by atoms with E-state index in [-0.39, 0.29) is 10.7 Å². The number of rotatable bonds is 6. The first-order chi connectivity index (χ1) is 8.98. The van der Waals surface area contributed by atoms with Crippen molar-refractivity contribution in [2.45, 2.75) is 38.4 Å². The standard InChI is InChI=1S/C15H22BrNOS/c1-5-15(6-2,19-4)10-17-14(18)12-7-8-13(16)11(3)9-12/h7-9H,5-6,10H2,1-4H3,(H,17,18). The van der Waals surface area contributed by atoms with E-state index in [2.05, 4.69) is 41.3 Å². The zero-order chi connectivity index (χ0) is 14.5. The van der Waals surface area contributed by atoms with E-state index in [4.69, 9.17) is 0 Å². The molecule has 0 saturated heterocycles. The second-order valence-electron chi connectivity index (χ2n) is 4.74. The molecule has 0 aliphatic heterocycles. The third-order valence-corrected chi connectivity index (χ3v) is 6.19. The van der Waals surface area contributed by atoms with Crippen LogP contribution < -0.4 is 5.32 Å². The SMILES string of the molecule is CCC(CC)(CNC(=O)c1ccc(Br)c(C)c1)SC. The smallest absolute Gasteiger partial charge is 0.251 e. The summed E-state index contributed by atoms with van der Waals surface area (Å²) in [6, 6.07) is 5.69. The van der Waals surface area contributed by atoms with Gasteiger partial charge in [0, 0.05) is 21.3 Å². The Morgan fingerprint density at radius 1 is 1.37 bits per heavy atom. The molecule has 1 N–H and O–H groups in total. The molecule has 0 spiro atoms. The number of halogens is 1. The van der Waals surface area contributed by atoms with E-state index in [0.29, 0.717) is 0 Å². The molecule has 0 atom stereocenters. The number of hydrogen-bond donors (Lipinski definition) is 1. The molecule has 0 aliphatic rings. The van der Waals surface area contributed by atoms with Gasteiger partial charge in [-0.25, -0.2) is 0 Å². The maximum Gasteiger partial charge on any atom is 0.251 e. The normalized spacial score (nSPS) is 11.4. The molecular formula is C15H22BrNOS. The van der Waals surface area contributed by atoms with Crippen LogP contribution in [0.4, 0.5) is 0 Å². The molecule has 0 saturated carbocycles. The average molecular weight is 344 g/mol. The van der Waals surface area contributed by atoms with Gasteiger partial charge in [-0.2, -0.15) is 11.8 Å². The second-order valence-corrected chi connectivity index (χ2v) is 6.87. The third-order valence-electron chi connectivity index (χ3n) is 3.71. The maximum atomic E-state index is 12.2. The molecule has 1 aromatic rings. The van der Waals surface area contributed by atoms with Gasteiger partial charge in [0.1, 0.15) is 0 Å². The van der Waals surface area contributed by atoms with Gasteiger partial charge >= 0.3 is 0 Å². The summed E-state index contributed by atoms with van der Waals surface area (Å²) in [5.74, 6) is 0.0101. The molecule has 4 heteroatoms. The minimum Gasteiger partial charge on any atom is -0.351 e. The lowest BCUT2D eigenvalue weighted by Crippen LogP contribution is -2.39. The molecule has 1 aromatic carbocycles. The van der Waals surface area contributed by atoms with Crippen LogP contribution in [0.2, 0.25) is 0 Å². The zero-order valence-corrected chi connectivity index (χ0v) is 14.5. The highest BCUT2D eigenvalue weighted by atomic mass is 79.9. The van der Waals surface area contributed by atoms with Crippen molar-refractivity contribution in [2.24, 2.45) is 0 Å². The van der Waals surface area contributed by atoms with Gasteiger partial charge in [0.05, 0.1) is 0 Å². The summed E-state index contributed by atoms with van der Waals surface area (Å²) in [6.07, 6.45) is 4.23. The topological polar surface area (TPSA) is 29.1 Å². The minimum atomic E-state index is 0.0101. The lowest BCUT2D eigenvalue weighted by atomic mass is 10.0. The Morgan fingerprint density at radius 2 is 2.00 bits per heavy atom. The first-order valence-corrected chi connectivity index (χ1v) is 8.59. The average Bonchev–Trinajstić information content (AvgIpc) is 2.43. The fourth-order valence-corrected chi connectivity index (χ4v) is 3.03.